The van der Waals surface area contributed by atoms with Gasteiger partial charge in [-0.2, -0.15) is 0 Å². The van der Waals surface area contributed by atoms with Crippen LogP contribution in [-0.2, 0) is 9.59 Å². The Morgan fingerprint density at radius 2 is 1.78 bits per heavy atom. The first-order valence-corrected chi connectivity index (χ1v) is 6.58. The number of carbonyl (C=O) groups is 2. The lowest BCUT2D eigenvalue weighted by atomic mass is 9.86. The lowest BCUT2D eigenvalue weighted by molar-refractivity contribution is -0.140. The molecule has 18 heavy (non-hydrogen) atoms. The highest BCUT2D eigenvalue weighted by Crippen LogP contribution is 2.26. The third kappa shape index (κ3) is 3.70. The Bertz CT molecular complexity index is 317. The molecule has 1 aliphatic rings. The number of carbonyl (C=O) groups excluding carboxylic acids is 2. The molecule has 0 spiro atoms. The van der Waals surface area contributed by atoms with Crippen molar-refractivity contribution in [3.63, 3.8) is 0 Å². The molecule has 5 heteroatoms. The van der Waals surface area contributed by atoms with Gasteiger partial charge in [0.25, 0.3) is 0 Å². The Kier molecular flexibility index (Phi) is 4.73. The highest BCUT2D eigenvalue weighted by atomic mass is 16.2. The van der Waals surface area contributed by atoms with Crippen molar-refractivity contribution < 1.29 is 9.59 Å². The number of hydrogen-bond donors (Lipinski definition) is 2. The van der Waals surface area contributed by atoms with Crippen LogP contribution in [0, 0.1) is 5.41 Å². The maximum Gasteiger partial charge on any atom is 0.240 e. The molecule has 0 aliphatic heterocycles. The van der Waals surface area contributed by atoms with Gasteiger partial charge < -0.3 is 16.4 Å². The molecular weight excluding hydrogens is 230 g/mol. The summed E-state index contributed by atoms with van der Waals surface area (Å²) in [5.41, 5.74) is 10.9. The van der Waals surface area contributed by atoms with Crippen molar-refractivity contribution in [2.24, 2.45) is 16.9 Å². The zero-order valence-corrected chi connectivity index (χ0v) is 11.6. The molecular formula is C13H25N3O2. The van der Waals surface area contributed by atoms with E-state index < -0.39 is 11.9 Å². The Hall–Kier alpha value is -1.10. The number of rotatable bonds is 4. The van der Waals surface area contributed by atoms with Crippen LogP contribution >= 0.6 is 0 Å². The maximum atomic E-state index is 12.4. The third-order valence-corrected chi connectivity index (χ3v) is 3.57. The molecule has 0 aromatic rings. The van der Waals surface area contributed by atoms with E-state index in [0.29, 0.717) is 0 Å². The monoisotopic (exact) mass is 255 g/mol. The van der Waals surface area contributed by atoms with Crippen LogP contribution in [0.15, 0.2) is 0 Å². The average Bonchev–Trinajstić information content (AvgIpc) is 2.75. The molecule has 1 saturated carbocycles. The largest absolute Gasteiger partial charge is 0.368 e. The van der Waals surface area contributed by atoms with Gasteiger partial charge in [-0.05, 0) is 18.3 Å². The second-order valence-electron chi connectivity index (χ2n) is 6.21. The molecule has 2 amide bonds. The van der Waals surface area contributed by atoms with Gasteiger partial charge in [-0.1, -0.05) is 33.6 Å². The summed E-state index contributed by atoms with van der Waals surface area (Å²) in [4.78, 5) is 25.1. The number of primary amides is 1. The van der Waals surface area contributed by atoms with Crippen molar-refractivity contribution in [2.75, 3.05) is 6.54 Å². The van der Waals surface area contributed by atoms with E-state index in [1.807, 2.05) is 20.8 Å². The van der Waals surface area contributed by atoms with E-state index in [2.05, 4.69) is 0 Å². The van der Waals surface area contributed by atoms with Crippen LogP contribution in [0.4, 0.5) is 0 Å². The van der Waals surface area contributed by atoms with Crippen LogP contribution < -0.4 is 11.5 Å². The molecule has 0 heterocycles. The Labute approximate surface area is 109 Å². The quantitative estimate of drug-likeness (QED) is 0.771. The van der Waals surface area contributed by atoms with Gasteiger partial charge in [0.05, 0.1) is 12.6 Å². The first kappa shape index (κ1) is 15.0. The normalized spacial score (nSPS) is 18.7. The lowest BCUT2D eigenvalue weighted by Gasteiger charge is -2.34. The van der Waals surface area contributed by atoms with Gasteiger partial charge in [0.2, 0.25) is 11.8 Å². The average molecular weight is 255 g/mol. The Morgan fingerprint density at radius 1 is 1.28 bits per heavy atom. The molecule has 1 atom stereocenters. The highest BCUT2D eigenvalue weighted by molar-refractivity contribution is 5.87. The van der Waals surface area contributed by atoms with E-state index in [4.69, 9.17) is 11.5 Å². The van der Waals surface area contributed by atoms with Gasteiger partial charge in [-0.15, -0.1) is 0 Å². The molecule has 104 valence electrons. The van der Waals surface area contributed by atoms with Crippen molar-refractivity contribution in [2.45, 2.75) is 58.5 Å². The van der Waals surface area contributed by atoms with Crippen molar-refractivity contribution in [1.29, 1.82) is 0 Å². The maximum absolute atomic E-state index is 12.4. The first-order chi connectivity index (χ1) is 8.23. The second kappa shape index (κ2) is 5.69. The van der Waals surface area contributed by atoms with Crippen LogP contribution in [0.1, 0.15) is 46.5 Å². The predicted octanol–water partition coefficient (Wildman–Crippen LogP) is 0.616. The predicted molar refractivity (Wildman–Crippen MR) is 70.6 cm³/mol. The van der Waals surface area contributed by atoms with Gasteiger partial charge in [0.15, 0.2) is 0 Å². The molecule has 0 bridgehead atoms. The smallest absolute Gasteiger partial charge is 0.240 e. The van der Waals surface area contributed by atoms with Crippen molar-refractivity contribution in [1.82, 2.24) is 4.90 Å². The van der Waals surface area contributed by atoms with Crippen molar-refractivity contribution in [3.8, 4) is 0 Å². The summed E-state index contributed by atoms with van der Waals surface area (Å²) >= 11 is 0. The summed E-state index contributed by atoms with van der Waals surface area (Å²) in [6.07, 6.45) is 4.07. The van der Waals surface area contributed by atoms with Crippen LogP contribution in [0.2, 0.25) is 0 Å². The second-order valence-corrected chi connectivity index (χ2v) is 6.21. The molecule has 0 radical (unpaired) electrons. The van der Waals surface area contributed by atoms with Crippen LogP contribution in [0.25, 0.3) is 0 Å². The van der Waals surface area contributed by atoms with E-state index in [0.717, 1.165) is 25.7 Å². The molecule has 0 unspecified atom stereocenters. The SMILES string of the molecule is CC(C)(C)[C@H](N)C(=O)N(CC(N)=O)C1CCCC1. The van der Waals surface area contributed by atoms with Gasteiger partial charge in [0.1, 0.15) is 0 Å². The molecule has 0 saturated heterocycles. The van der Waals surface area contributed by atoms with Gasteiger partial charge in [-0.25, -0.2) is 0 Å². The number of amides is 2. The summed E-state index contributed by atoms with van der Waals surface area (Å²) < 4.78 is 0. The number of hydrogen-bond acceptors (Lipinski definition) is 3. The first-order valence-electron chi connectivity index (χ1n) is 6.58. The van der Waals surface area contributed by atoms with Gasteiger partial charge >= 0.3 is 0 Å². The fraction of sp³-hybridized carbons (Fsp3) is 0.846. The summed E-state index contributed by atoms with van der Waals surface area (Å²) in [5, 5.41) is 0. The Balaban J connectivity index is 2.81. The fourth-order valence-corrected chi connectivity index (χ4v) is 2.32. The van der Waals surface area contributed by atoms with E-state index in [1.54, 1.807) is 4.90 Å². The molecule has 1 rings (SSSR count). The number of nitrogens with zero attached hydrogens (tertiary/aromatic N) is 1. The van der Waals surface area contributed by atoms with E-state index in [9.17, 15) is 9.59 Å². The van der Waals surface area contributed by atoms with Crippen molar-refractivity contribution >= 4 is 11.8 Å². The van der Waals surface area contributed by atoms with Gasteiger partial charge in [-0.3, -0.25) is 9.59 Å². The lowest BCUT2D eigenvalue weighted by Crippen LogP contribution is -2.55. The highest BCUT2D eigenvalue weighted by Gasteiger charge is 2.35. The summed E-state index contributed by atoms with van der Waals surface area (Å²) in [6, 6.07) is -0.476. The standard InChI is InChI=1S/C13H25N3O2/c1-13(2,3)11(15)12(18)16(8-10(14)17)9-6-4-5-7-9/h9,11H,4-8,15H2,1-3H3,(H2,14,17)/t11-/m1/s1. The fourth-order valence-electron chi connectivity index (χ4n) is 2.32. The molecule has 1 aliphatic carbocycles. The van der Waals surface area contributed by atoms with Crippen LogP contribution in [0.5, 0.6) is 0 Å². The third-order valence-electron chi connectivity index (χ3n) is 3.57. The zero-order valence-electron chi connectivity index (χ0n) is 11.6. The van der Waals surface area contributed by atoms with E-state index in [1.165, 1.54) is 0 Å². The Morgan fingerprint density at radius 3 is 2.17 bits per heavy atom. The number of nitrogens with two attached hydrogens (primary N) is 2. The van der Waals surface area contributed by atoms with Gasteiger partial charge in [0, 0.05) is 6.04 Å². The molecule has 4 N–H and O–H groups in total. The summed E-state index contributed by atoms with van der Waals surface area (Å²) in [5.74, 6) is -0.635. The minimum Gasteiger partial charge on any atom is -0.368 e. The van der Waals surface area contributed by atoms with E-state index >= 15 is 0 Å². The minimum absolute atomic E-state index is 0.0206. The zero-order chi connectivity index (χ0) is 13.9. The summed E-state index contributed by atoms with van der Waals surface area (Å²) in [6.45, 7) is 5.75. The topological polar surface area (TPSA) is 89.4 Å². The summed E-state index contributed by atoms with van der Waals surface area (Å²) in [7, 11) is 0. The molecule has 1 fully saturated rings. The van der Waals surface area contributed by atoms with Crippen molar-refractivity contribution in [3.05, 3.63) is 0 Å². The minimum atomic E-state index is -0.600. The van der Waals surface area contributed by atoms with Crippen LogP contribution in [-0.4, -0.2) is 35.3 Å². The molecule has 5 nitrogen and oxygen atoms in total. The molecule has 0 aromatic carbocycles. The van der Waals surface area contributed by atoms with Crippen LogP contribution in [0.3, 0.4) is 0 Å². The molecule has 0 aromatic heterocycles. The van der Waals surface area contributed by atoms with E-state index in [-0.39, 0.29) is 23.9 Å².